The van der Waals surface area contributed by atoms with E-state index in [-0.39, 0.29) is 23.6 Å². The SMILES string of the molecule is CC1CS(=O)(=O)CCCN1C(=O)Nc1ccc2c(n1)OCCO2. The molecule has 2 aliphatic heterocycles. The standard InChI is InChI=1S/C14H19N3O5S/c1-10-9-23(19,20)8-2-5-17(10)14(18)16-12-4-3-11-13(15-12)22-7-6-21-11/h3-4,10H,2,5-9H2,1H3,(H,15,16,18). The highest BCUT2D eigenvalue weighted by molar-refractivity contribution is 7.91. The lowest BCUT2D eigenvalue weighted by molar-refractivity contribution is 0.164. The molecule has 1 aromatic heterocycles. The van der Waals surface area contributed by atoms with Crippen LogP contribution in [0.4, 0.5) is 10.6 Å². The maximum absolute atomic E-state index is 12.4. The van der Waals surface area contributed by atoms with Crippen molar-refractivity contribution in [1.29, 1.82) is 0 Å². The lowest BCUT2D eigenvalue weighted by Crippen LogP contribution is -2.43. The van der Waals surface area contributed by atoms with Crippen LogP contribution in [-0.4, -0.2) is 61.6 Å². The van der Waals surface area contributed by atoms with E-state index in [0.29, 0.717) is 43.6 Å². The number of hydrogen-bond acceptors (Lipinski definition) is 6. The molecule has 1 unspecified atom stereocenters. The van der Waals surface area contributed by atoms with Crippen molar-refractivity contribution in [2.24, 2.45) is 0 Å². The van der Waals surface area contributed by atoms with Crippen molar-refractivity contribution in [2.45, 2.75) is 19.4 Å². The van der Waals surface area contributed by atoms with E-state index < -0.39 is 9.84 Å². The van der Waals surface area contributed by atoms with E-state index in [1.165, 1.54) is 4.90 Å². The first-order chi connectivity index (χ1) is 10.9. The Morgan fingerprint density at radius 1 is 1.35 bits per heavy atom. The zero-order valence-electron chi connectivity index (χ0n) is 12.8. The normalized spacial score (nSPS) is 23.0. The second-order valence-electron chi connectivity index (χ2n) is 5.64. The Kier molecular flexibility index (Phi) is 4.29. The molecule has 2 amide bonds. The Balaban J connectivity index is 1.71. The van der Waals surface area contributed by atoms with Crippen LogP contribution in [0.3, 0.4) is 0 Å². The monoisotopic (exact) mass is 341 g/mol. The van der Waals surface area contributed by atoms with Crippen LogP contribution in [0, 0.1) is 0 Å². The fraction of sp³-hybridized carbons (Fsp3) is 0.571. The van der Waals surface area contributed by atoms with Gasteiger partial charge in [0.1, 0.15) is 19.0 Å². The van der Waals surface area contributed by atoms with Gasteiger partial charge in [0.2, 0.25) is 0 Å². The van der Waals surface area contributed by atoms with Crippen molar-refractivity contribution in [1.82, 2.24) is 9.88 Å². The van der Waals surface area contributed by atoms with Gasteiger partial charge in [-0.1, -0.05) is 0 Å². The fourth-order valence-corrected chi connectivity index (χ4v) is 4.35. The van der Waals surface area contributed by atoms with Gasteiger partial charge in [-0.3, -0.25) is 5.32 Å². The fourth-order valence-electron chi connectivity index (χ4n) is 2.70. The number of urea groups is 1. The van der Waals surface area contributed by atoms with E-state index >= 15 is 0 Å². The predicted molar refractivity (Wildman–Crippen MR) is 83.7 cm³/mol. The molecule has 9 heteroatoms. The van der Waals surface area contributed by atoms with Crippen LogP contribution in [0.5, 0.6) is 11.6 Å². The van der Waals surface area contributed by atoms with Crippen LogP contribution in [-0.2, 0) is 9.84 Å². The number of amides is 2. The van der Waals surface area contributed by atoms with Crippen LogP contribution in [0.15, 0.2) is 12.1 Å². The quantitative estimate of drug-likeness (QED) is 0.815. The molecular weight excluding hydrogens is 322 g/mol. The van der Waals surface area contributed by atoms with E-state index in [0.717, 1.165) is 0 Å². The van der Waals surface area contributed by atoms with E-state index in [1.54, 1.807) is 19.1 Å². The molecule has 2 aliphatic rings. The average molecular weight is 341 g/mol. The molecular formula is C14H19N3O5S. The number of nitrogens with one attached hydrogen (secondary N) is 1. The number of nitrogens with zero attached hydrogens (tertiary/aromatic N) is 2. The summed E-state index contributed by atoms with van der Waals surface area (Å²) in [4.78, 5) is 18.1. The molecule has 0 radical (unpaired) electrons. The summed E-state index contributed by atoms with van der Waals surface area (Å²) in [5.41, 5.74) is 0. The second kappa shape index (κ2) is 6.23. The first-order valence-electron chi connectivity index (χ1n) is 7.49. The van der Waals surface area contributed by atoms with Gasteiger partial charge >= 0.3 is 6.03 Å². The number of ether oxygens (including phenoxy) is 2. The Hall–Kier alpha value is -2.03. The zero-order valence-corrected chi connectivity index (χ0v) is 13.6. The summed E-state index contributed by atoms with van der Waals surface area (Å²) in [5, 5.41) is 2.69. The van der Waals surface area contributed by atoms with Gasteiger partial charge in [-0.15, -0.1) is 0 Å². The number of anilines is 1. The molecule has 3 heterocycles. The molecule has 1 fully saturated rings. The minimum atomic E-state index is -3.09. The van der Waals surface area contributed by atoms with E-state index in [9.17, 15) is 13.2 Å². The summed E-state index contributed by atoms with van der Waals surface area (Å²) in [6.45, 7) is 3.02. The van der Waals surface area contributed by atoms with Crippen LogP contribution in [0.25, 0.3) is 0 Å². The van der Waals surface area contributed by atoms with Crippen LogP contribution in [0.2, 0.25) is 0 Å². The Labute approximate surface area is 134 Å². The number of rotatable bonds is 1. The topological polar surface area (TPSA) is 97.8 Å². The summed E-state index contributed by atoms with van der Waals surface area (Å²) in [5.74, 6) is 1.33. The number of hydrogen-bond donors (Lipinski definition) is 1. The lowest BCUT2D eigenvalue weighted by atomic mass is 10.3. The van der Waals surface area contributed by atoms with Gasteiger partial charge in [0.15, 0.2) is 15.6 Å². The second-order valence-corrected chi connectivity index (χ2v) is 7.87. The largest absolute Gasteiger partial charge is 0.484 e. The molecule has 0 spiro atoms. The molecule has 0 bridgehead atoms. The first kappa shape index (κ1) is 15.9. The molecule has 23 heavy (non-hydrogen) atoms. The molecule has 0 aromatic carbocycles. The minimum absolute atomic E-state index is 0.0189. The molecule has 3 rings (SSSR count). The maximum Gasteiger partial charge on any atom is 0.323 e. The molecule has 126 valence electrons. The number of carbonyl (C=O) groups is 1. The summed E-state index contributed by atoms with van der Waals surface area (Å²) in [7, 11) is -3.09. The molecule has 8 nitrogen and oxygen atoms in total. The van der Waals surface area contributed by atoms with Gasteiger partial charge in [0.05, 0.1) is 11.5 Å². The number of carbonyl (C=O) groups excluding carboxylic acids is 1. The predicted octanol–water partition coefficient (Wildman–Crippen LogP) is 0.894. The molecule has 1 aromatic rings. The highest BCUT2D eigenvalue weighted by Gasteiger charge is 2.29. The number of fused-ring (bicyclic) bond motifs is 1. The highest BCUT2D eigenvalue weighted by atomic mass is 32.2. The Bertz CT molecular complexity index is 706. The average Bonchev–Trinajstić information content (AvgIpc) is 2.64. The van der Waals surface area contributed by atoms with Crippen molar-refractivity contribution in [2.75, 3.05) is 36.6 Å². The summed E-state index contributed by atoms with van der Waals surface area (Å²) >= 11 is 0. The lowest BCUT2D eigenvalue weighted by Gasteiger charge is -2.26. The number of sulfone groups is 1. The number of pyridine rings is 1. The molecule has 0 saturated carbocycles. The smallest absolute Gasteiger partial charge is 0.323 e. The number of aromatic nitrogens is 1. The van der Waals surface area contributed by atoms with Crippen molar-refractivity contribution in [3.8, 4) is 11.6 Å². The van der Waals surface area contributed by atoms with Crippen molar-refractivity contribution in [3.05, 3.63) is 12.1 Å². The van der Waals surface area contributed by atoms with Crippen LogP contribution in [0.1, 0.15) is 13.3 Å². The van der Waals surface area contributed by atoms with Crippen molar-refractivity contribution in [3.63, 3.8) is 0 Å². The molecule has 0 aliphatic carbocycles. The summed E-state index contributed by atoms with van der Waals surface area (Å²) < 4.78 is 34.3. The van der Waals surface area contributed by atoms with Gasteiger partial charge in [0.25, 0.3) is 5.88 Å². The van der Waals surface area contributed by atoms with Crippen LogP contribution >= 0.6 is 0 Å². The van der Waals surface area contributed by atoms with Gasteiger partial charge in [0, 0.05) is 12.6 Å². The van der Waals surface area contributed by atoms with E-state index in [1.807, 2.05) is 0 Å². The Morgan fingerprint density at radius 2 is 2.13 bits per heavy atom. The Morgan fingerprint density at radius 3 is 2.96 bits per heavy atom. The first-order valence-corrected chi connectivity index (χ1v) is 9.31. The summed E-state index contributed by atoms with van der Waals surface area (Å²) in [6, 6.07) is 2.58. The van der Waals surface area contributed by atoms with Gasteiger partial charge in [-0.05, 0) is 25.5 Å². The molecule has 1 atom stereocenters. The van der Waals surface area contributed by atoms with Gasteiger partial charge in [-0.2, -0.15) is 4.98 Å². The minimum Gasteiger partial charge on any atom is -0.484 e. The third-order valence-electron chi connectivity index (χ3n) is 3.78. The maximum atomic E-state index is 12.4. The van der Waals surface area contributed by atoms with E-state index in [4.69, 9.17) is 9.47 Å². The van der Waals surface area contributed by atoms with Crippen LogP contribution < -0.4 is 14.8 Å². The summed E-state index contributed by atoms with van der Waals surface area (Å²) in [6.07, 6.45) is 0.439. The third-order valence-corrected chi connectivity index (χ3v) is 5.68. The van der Waals surface area contributed by atoms with Crippen molar-refractivity contribution >= 4 is 21.7 Å². The third kappa shape index (κ3) is 3.66. The zero-order chi connectivity index (χ0) is 16.4. The van der Waals surface area contributed by atoms with Gasteiger partial charge in [-0.25, -0.2) is 13.2 Å². The van der Waals surface area contributed by atoms with E-state index in [2.05, 4.69) is 10.3 Å². The highest BCUT2D eigenvalue weighted by Crippen LogP contribution is 2.29. The molecule has 1 saturated heterocycles. The van der Waals surface area contributed by atoms with Crippen molar-refractivity contribution < 1.29 is 22.7 Å². The van der Waals surface area contributed by atoms with Gasteiger partial charge < -0.3 is 14.4 Å². The molecule has 1 N–H and O–H groups in total.